The molecule has 2 rings (SSSR count). The number of hydrazone groups is 1. The molecule has 0 fully saturated rings. The van der Waals surface area contributed by atoms with E-state index in [1.807, 2.05) is 6.92 Å². The molecule has 1 aliphatic rings. The molecule has 0 unspecified atom stereocenters. The second kappa shape index (κ2) is 5.27. The van der Waals surface area contributed by atoms with Crippen LogP contribution in [0.3, 0.4) is 0 Å². The first kappa shape index (κ1) is 12.0. The van der Waals surface area contributed by atoms with Crippen LogP contribution < -0.4 is 5.43 Å². The third kappa shape index (κ3) is 2.63. The van der Waals surface area contributed by atoms with E-state index < -0.39 is 11.6 Å². The molecule has 3 nitrogen and oxygen atoms in total. The number of amidine groups is 1. The second-order valence-corrected chi connectivity index (χ2v) is 4.30. The highest BCUT2D eigenvalue weighted by Crippen LogP contribution is 2.18. The number of nitrogens with one attached hydrogen (secondary N) is 1. The van der Waals surface area contributed by atoms with E-state index in [4.69, 9.17) is 0 Å². The van der Waals surface area contributed by atoms with Crippen molar-refractivity contribution in [1.29, 1.82) is 0 Å². The van der Waals surface area contributed by atoms with Gasteiger partial charge >= 0.3 is 0 Å². The van der Waals surface area contributed by atoms with Gasteiger partial charge in [-0.2, -0.15) is 5.10 Å². The minimum atomic E-state index is -0.595. The van der Waals surface area contributed by atoms with Crippen molar-refractivity contribution in [2.75, 3.05) is 12.3 Å². The first-order valence-electron chi connectivity index (χ1n) is 5.16. The summed E-state index contributed by atoms with van der Waals surface area (Å²) in [4.78, 5) is 4.13. The van der Waals surface area contributed by atoms with Gasteiger partial charge in [-0.05, 0) is 19.1 Å². The number of benzene rings is 1. The molecule has 1 aromatic rings. The number of aliphatic imine (C=N–C) groups is 1. The number of rotatable bonds is 2. The van der Waals surface area contributed by atoms with Gasteiger partial charge in [-0.3, -0.25) is 10.4 Å². The predicted molar refractivity (Wildman–Crippen MR) is 66.5 cm³/mol. The van der Waals surface area contributed by atoms with Gasteiger partial charge in [0.2, 0.25) is 0 Å². The molecule has 0 spiro atoms. The SMILES string of the molecule is CCN=C1NN=C(c2c(F)cccc2F)CS1. The summed E-state index contributed by atoms with van der Waals surface area (Å²) in [5, 5.41) is 4.63. The highest BCUT2D eigenvalue weighted by molar-refractivity contribution is 8.14. The van der Waals surface area contributed by atoms with E-state index in [1.54, 1.807) is 0 Å². The van der Waals surface area contributed by atoms with Crippen molar-refractivity contribution in [3.8, 4) is 0 Å². The van der Waals surface area contributed by atoms with Crippen LogP contribution >= 0.6 is 11.8 Å². The van der Waals surface area contributed by atoms with Crippen molar-refractivity contribution >= 4 is 22.6 Å². The Kier molecular flexibility index (Phi) is 3.73. The number of hydrogen-bond acceptors (Lipinski definition) is 3. The van der Waals surface area contributed by atoms with Crippen molar-refractivity contribution in [1.82, 2.24) is 5.43 Å². The molecule has 0 saturated carbocycles. The molecule has 0 aromatic heterocycles. The van der Waals surface area contributed by atoms with E-state index in [0.717, 1.165) is 0 Å². The van der Waals surface area contributed by atoms with Crippen molar-refractivity contribution in [3.63, 3.8) is 0 Å². The fraction of sp³-hybridized carbons (Fsp3) is 0.273. The van der Waals surface area contributed by atoms with Crippen LogP contribution in [0.2, 0.25) is 0 Å². The van der Waals surface area contributed by atoms with Crippen molar-refractivity contribution < 1.29 is 8.78 Å². The zero-order valence-electron chi connectivity index (χ0n) is 9.20. The number of nitrogens with zero attached hydrogens (tertiary/aromatic N) is 2. The van der Waals surface area contributed by atoms with E-state index in [-0.39, 0.29) is 5.56 Å². The summed E-state index contributed by atoms with van der Waals surface area (Å²) in [7, 11) is 0. The van der Waals surface area contributed by atoms with E-state index in [9.17, 15) is 8.78 Å². The van der Waals surface area contributed by atoms with Gasteiger partial charge in [0.15, 0.2) is 5.17 Å². The Morgan fingerprint density at radius 1 is 1.41 bits per heavy atom. The maximum Gasteiger partial charge on any atom is 0.177 e. The minimum Gasteiger partial charge on any atom is -0.262 e. The highest BCUT2D eigenvalue weighted by atomic mass is 32.2. The van der Waals surface area contributed by atoms with Crippen LogP contribution in [-0.4, -0.2) is 23.2 Å². The summed E-state index contributed by atoms with van der Waals surface area (Å²) in [5.74, 6) is -0.784. The van der Waals surface area contributed by atoms with Gasteiger partial charge < -0.3 is 0 Å². The fourth-order valence-corrected chi connectivity index (χ4v) is 2.26. The fourth-order valence-electron chi connectivity index (χ4n) is 1.44. The summed E-state index contributed by atoms with van der Waals surface area (Å²) >= 11 is 1.38. The van der Waals surface area contributed by atoms with Crippen LogP contribution in [0.25, 0.3) is 0 Å². The predicted octanol–water partition coefficient (Wildman–Crippen LogP) is 2.38. The molecule has 6 heteroatoms. The van der Waals surface area contributed by atoms with Gasteiger partial charge in [-0.25, -0.2) is 8.78 Å². The molecular weight excluding hydrogens is 244 g/mol. The molecule has 1 aromatic carbocycles. The molecular formula is C11H11F2N3S. The molecule has 1 aliphatic heterocycles. The Hall–Kier alpha value is -1.43. The first-order valence-corrected chi connectivity index (χ1v) is 6.15. The summed E-state index contributed by atoms with van der Waals surface area (Å²) in [6, 6.07) is 3.78. The van der Waals surface area contributed by atoms with Crippen LogP contribution in [0, 0.1) is 11.6 Å². The molecule has 1 N–H and O–H groups in total. The average Bonchev–Trinajstić information content (AvgIpc) is 2.31. The lowest BCUT2D eigenvalue weighted by atomic mass is 10.1. The third-order valence-electron chi connectivity index (χ3n) is 2.19. The normalized spacial score (nSPS) is 17.8. The third-order valence-corrected chi connectivity index (χ3v) is 3.10. The number of thioether (sulfide) groups is 1. The van der Waals surface area contributed by atoms with E-state index in [0.29, 0.717) is 23.2 Å². The monoisotopic (exact) mass is 255 g/mol. The molecule has 0 radical (unpaired) electrons. The van der Waals surface area contributed by atoms with Crippen molar-refractivity contribution in [2.45, 2.75) is 6.92 Å². The quantitative estimate of drug-likeness (QED) is 0.881. The average molecular weight is 255 g/mol. The van der Waals surface area contributed by atoms with Crippen molar-refractivity contribution in [2.24, 2.45) is 10.1 Å². The highest BCUT2D eigenvalue weighted by Gasteiger charge is 2.19. The zero-order chi connectivity index (χ0) is 12.3. The molecule has 0 saturated heterocycles. The second-order valence-electron chi connectivity index (χ2n) is 3.34. The maximum absolute atomic E-state index is 13.5. The zero-order valence-corrected chi connectivity index (χ0v) is 10.0. The molecule has 0 amide bonds. The Morgan fingerprint density at radius 2 is 2.12 bits per heavy atom. The molecule has 0 aliphatic carbocycles. The Bertz CT molecular complexity index is 465. The first-order chi connectivity index (χ1) is 8.22. The van der Waals surface area contributed by atoms with Crippen molar-refractivity contribution in [3.05, 3.63) is 35.4 Å². The summed E-state index contributed by atoms with van der Waals surface area (Å²) in [6.45, 7) is 2.55. The van der Waals surface area contributed by atoms with Crippen LogP contribution in [0.1, 0.15) is 12.5 Å². The molecule has 0 atom stereocenters. The van der Waals surface area contributed by atoms with Crippen LogP contribution in [0.4, 0.5) is 8.78 Å². The molecule has 0 bridgehead atoms. The van der Waals surface area contributed by atoms with Gasteiger partial charge in [-0.15, -0.1) is 0 Å². The standard InChI is InChI=1S/C11H11F2N3S/c1-2-14-11-16-15-9(6-17-11)10-7(12)4-3-5-8(10)13/h3-5H,2,6H2,1H3,(H,14,16). The smallest absolute Gasteiger partial charge is 0.177 e. The Balaban J connectivity index is 2.28. The summed E-state index contributed by atoms with van der Waals surface area (Å²) in [5.41, 5.74) is 2.99. The van der Waals surface area contributed by atoms with Gasteiger partial charge in [0.1, 0.15) is 11.6 Å². The minimum absolute atomic E-state index is 0.0666. The lowest BCUT2D eigenvalue weighted by Crippen LogP contribution is -2.26. The number of halogens is 2. The lowest BCUT2D eigenvalue weighted by Gasteiger charge is -2.15. The Labute approximate surface area is 102 Å². The molecule has 17 heavy (non-hydrogen) atoms. The van der Waals surface area contributed by atoms with Gasteiger partial charge in [0.25, 0.3) is 0 Å². The maximum atomic E-state index is 13.5. The van der Waals surface area contributed by atoms with Crippen LogP contribution in [-0.2, 0) is 0 Å². The van der Waals surface area contributed by atoms with Gasteiger partial charge in [-0.1, -0.05) is 17.8 Å². The summed E-state index contributed by atoms with van der Waals surface area (Å²) < 4.78 is 27.0. The van der Waals surface area contributed by atoms with E-state index in [2.05, 4.69) is 15.5 Å². The Morgan fingerprint density at radius 3 is 2.65 bits per heavy atom. The number of hydrogen-bond donors (Lipinski definition) is 1. The topological polar surface area (TPSA) is 36.8 Å². The summed E-state index contributed by atoms with van der Waals surface area (Å²) in [6.07, 6.45) is 0. The largest absolute Gasteiger partial charge is 0.262 e. The molecule has 90 valence electrons. The van der Waals surface area contributed by atoms with Gasteiger partial charge in [0.05, 0.1) is 11.3 Å². The van der Waals surface area contributed by atoms with E-state index >= 15 is 0 Å². The lowest BCUT2D eigenvalue weighted by molar-refractivity contribution is 0.578. The van der Waals surface area contributed by atoms with Crippen LogP contribution in [0.5, 0.6) is 0 Å². The van der Waals surface area contributed by atoms with Gasteiger partial charge in [0, 0.05) is 12.3 Å². The molecule has 1 heterocycles. The van der Waals surface area contributed by atoms with Crippen LogP contribution in [0.15, 0.2) is 28.3 Å². The van der Waals surface area contributed by atoms with E-state index in [1.165, 1.54) is 30.0 Å².